The number of aliphatic hydroxyl groups is 1. The van der Waals surface area contributed by atoms with Gasteiger partial charge in [0.15, 0.2) is 11.5 Å². The van der Waals surface area contributed by atoms with Crippen LogP contribution in [-0.4, -0.2) is 65.4 Å². The number of ether oxygens (including phenoxy) is 2. The average Bonchev–Trinajstić information content (AvgIpc) is 3.35. The minimum Gasteiger partial charge on any atom is -0.509 e. The number of likely N-dealkylation sites (N-methyl/N-ethyl adjacent to an activating group) is 2. The monoisotopic (exact) mass is 544 g/mol. The highest BCUT2D eigenvalue weighted by Crippen LogP contribution is 2.34. The first-order valence-electron chi connectivity index (χ1n) is 13.7. The standard InChI is InChI=1S/C31H40N6O3/c1-22-8-10-24(11-9-22)7-5-6-16-39-27-13-12-26(17-28(27)40-20-23(2)38)36-31-29-25(19-37(4)15-14-32-3)18-33-30(29)34-21-35-31/h8-13,17-18,21,32,38H,2,5-7,14-16,19-20H2,1,3-4H3,(H2,33,34,35,36). The minimum atomic E-state index is -0.0562. The first-order valence-corrected chi connectivity index (χ1v) is 13.7. The lowest BCUT2D eigenvalue weighted by Crippen LogP contribution is -2.26. The number of fused-ring (bicyclic) bond motifs is 1. The molecule has 0 aliphatic rings. The number of rotatable bonds is 16. The zero-order valence-corrected chi connectivity index (χ0v) is 23.7. The van der Waals surface area contributed by atoms with E-state index < -0.39 is 0 Å². The average molecular weight is 545 g/mol. The van der Waals surface area contributed by atoms with Crippen LogP contribution in [-0.2, 0) is 13.0 Å². The molecule has 40 heavy (non-hydrogen) atoms. The van der Waals surface area contributed by atoms with Crippen LogP contribution >= 0.6 is 0 Å². The molecule has 0 bridgehead atoms. The Morgan fingerprint density at radius 1 is 1.07 bits per heavy atom. The molecule has 4 aromatic rings. The van der Waals surface area contributed by atoms with Crippen LogP contribution in [0.25, 0.3) is 11.0 Å². The normalized spacial score (nSPS) is 11.2. The topological polar surface area (TPSA) is 108 Å². The molecule has 2 aromatic heterocycles. The molecule has 0 unspecified atom stereocenters. The SMILES string of the molecule is C=C(O)COc1cc(Nc2ncnc3[nH]cc(CN(C)CCNC)c23)ccc1OCCCCc1ccc(C)cc1. The van der Waals surface area contributed by atoms with Gasteiger partial charge in [-0.25, -0.2) is 9.97 Å². The van der Waals surface area contributed by atoms with Crippen LogP contribution in [0.5, 0.6) is 11.5 Å². The zero-order chi connectivity index (χ0) is 28.3. The Morgan fingerprint density at radius 3 is 2.67 bits per heavy atom. The van der Waals surface area contributed by atoms with Crippen LogP contribution in [0.4, 0.5) is 11.5 Å². The fourth-order valence-electron chi connectivity index (χ4n) is 4.40. The van der Waals surface area contributed by atoms with Gasteiger partial charge in [0.05, 0.1) is 12.0 Å². The van der Waals surface area contributed by atoms with Gasteiger partial charge in [0.25, 0.3) is 0 Å². The fourth-order valence-corrected chi connectivity index (χ4v) is 4.40. The van der Waals surface area contributed by atoms with Gasteiger partial charge >= 0.3 is 0 Å². The molecule has 0 spiro atoms. The van der Waals surface area contributed by atoms with Crippen molar-refractivity contribution < 1.29 is 14.6 Å². The van der Waals surface area contributed by atoms with Gasteiger partial charge in [-0.05, 0) is 63.5 Å². The number of hydrogen-bond donors (Lipinski definition) is 4. The Balaban J connectivity index is 1.44. The van der Waals surface area contributed by atoms with Crippen molar-refractivity contribution in [3.63, 3.8) is 0 Å². The summed E-state index contributed by atoms with van der Waals surface area (Å²) in [5.74, 6) is 1.78. The van der Waals surface area contributed by atoms with Crippen molar-refractivity contribution >= 4 is 22.5 Å². The van der Waals surface area contributed by atoms with Crippen molar-refractivity contribution in [2.75, 3.05) is 45.7 Å². The first-order chi connectivity index (χ1) is 19.4. The van der Waals surface area contributed by atoms with E-state index in [1.807, 2.05) is 31.4 Å². The van der Waals surface area contributed by atoms with Gasteiger partial charge in [-0.1, -0.05) is 36.4 Å². The molecule has 2 heterocycles. The van der Waals surface area contributed by atoms with E-state index >= 15 is 0 Å². The number of benzene rings is 2. The van der Waals surface area contributed by atoms with Crippen molar-refractivity contribution in [3.8, 4) is 11.5 Å². The van der Waals surface area contributed by atoms with E-state index in [1.165, 1.54) is 17.5 Å². The summed E-state index contributed by atoms with van der Waals surface area (Å²) in [6.45, 7) is 8.76. The second kappa shape index (κ2) is 14.3. The van der Waals surface area contributed by atoms with Gasteiger partial charge in [-0.2, -0.15) is 0 Å². The van der Waals surface area contributed by atoms with Gasteiger partial charge in [-0.15, -0.1) is 0 Å². The van der Waals surface area contributed by atoms with Crippen LogP contribution in [0.15, 0.2) is 67.3 Å². The number of aryl methyl sites for hydroxylation is 2. The van der Waals surface area contributed by atoms with Gasteiger partial charge in [0.2, 0.25) is 0 Å². The Bertz CT molecular complexity index is 1390. The van der Waals surface area contributed by atoms with Crippen LogP contribution in [0.3, 0.4) is 0 Å². The molecular weight excluding hydrogens is 504 g/mol. The summed E-state index contributed by atoms with van der Waals surface area (Å²) in [4.78, 5) is 14.4. The quantitative estimate of drug-likeness (QED) is 0.108. The number of hydrogen-bond acceptors (Lipinski definition) is 8. The first kappa shape index (κ1) is 28.9. The number of anilines is 2. The highest BCUT2D eigenvalue weighted by atomic mass is 16.5. The number of H-pyrrole nitrogens is 1. The van der Waals surface area contributed by atoms with Crippen molar-refractivity contribution in [2.45, 2.75) is 32.7 Å². The molecular formula is C31H40N6O3. The second-order valence-electron chi connectivity index (χ2n) is 10.0. The van der Waals surface area contributed by atoms with Gasteiger partial charge in [0, 0.05) is 37.6 Å². The largest absolute Gasteiger partial charge is 0.509 e. The minimum absolute atomic E-state index is 0.0219. The Labute approximate surface area is 236 Å². The number of nitrogens with zero attached hydrogens (tertiary/aromatic N) is 3. The van der Waals surface area contributed by atoms with Crippen LogP contribution in [0, 0.1) is 6.92 Å². The number of aliphatic hydroxyl groups excluding tert-OH is 1. The van der Waals surface area contributed by atoms with E-state index in [-0.39, 0.29) is 12.4 Å². The fraction of sp³-hybridized carbons (Fsp3) is 0.355. The number of nitrogens with one attached hydrogen (secondary N) is 3. The molecule has 0 saturated heterocycles. The third kappa shape index (κ3) is 8.21. The Hall–Kier alpha value is -4.08. The lowest BCUT2D eigenvalue weighted by atomic mass is 10.1. The van der Waals surface area contributed by atoms with Gasteiger partial charge in [0.1, 0.15) is 30.2 Å². The Morgan fingerprint density at radius 2 is 1.90 bits per heavy atom. The number of unbranched alkanes of at least 4 members (excludes halogenated alkanes) is 1. The van der Waals surface area contributed by atoms with E-state index in [1.54, 1.807) is 0 Å². The maximum absolute atomic E-state index is 9.63. The molecule has 0 fully saturated rings. The molecule has 0 aliphatic carbocycles. The summed E-state index contributed by atoms with van der Waals surface area (Å²) < 4.78 is 11.9. The zero-order valence-electron chi connectivity index (χ0n) is 23.7. The van der Waals surface area contributed by atoms with Crippen LogP contribution in [0.2, 0.25) is 0 Å². The predicted molar refractivity (Wildman–Crippen MR) is 161 cm³/mol. The van der Waals surface area contributed by atoms with Crippen molar-refractivity contribution in [2.24, 2.45) is 0 Å². The van der Waals surface area contributed by atoms with E-state index in [4.69, 9.17) is 9.47 Å². The van der Waals surface area contributed by atoms with Crippen molar-refractivity contribution in [3.05, 3.63) is 84.0 Å². The summed E-state index contributed by atoms with van der Waals surface area (Å²) in [5.41, 5.74) is 5.26. The predicted octanol–water partition coefficient (Wildman–Crippen LogP) is 5.51. The maximum atomic E-state index is 9.63. The second-order valence-corrected chi connectivity index (χ2v) is 10.0. The van der Waals surface area contributed by atoms with Crippen LogP contribution < -0.4 is 20.1 Å². The molecule has 4 N–H and O–H groups in total. The maximum Gasteiger partial charge on any atom is 0.163 e. The van der Waals surface area contributed by atoms with E-state index in [0.717, 1.165) is 61.2 Å². The molecule has 9 heteroatoms. The van der Waals surface area contributed by atoms with Crippen LogP contribution in [0.1, 0.15) is 29.5 Å². The van der Waals surface area contributed by atoms with E-state index in [2.05, 4.69) is 75.3 Å². The molecule has 4 rings (SSSR count). The third-order valence-electron chi connectivity index (χ3n) is 6.57. The smallest absolute Gasteiger partial charge is 0.163 e. The molecule has 0 amide bonds. The molecule has 212 valence electrons. The highest BCUT2D eigenvalue weighted by Gasteiger charge is 2.15. The summed E-state index contributed by atoms with van der Waals surface area (Å²) >= 11 is 0. The molecule has 2 aromatic carbocycles. The lowest BCUT2D eigenvalue weighted by molar-refractivity contribution is 0.247. The molecule has 0 saturated carbocycles. The lowest BCUT2D eigenvalue weighted by Gasteiger charge is -2.17. The van der Waals surface area contributed by atoms with Gasteiger partial charge in [-0.3, -0.25) is 0 Å². The van der Waals surface area contributed by atoms with Gasteiger partial charge < -0.3 is 35.1 Å². The molecule has 0 radical (unpaired) electrons. The summed E-state index contributed by atoms with van der Waals surface area (Å²) in [6, 6.07) is 14.3. The molecule has 0 atom stereocenters. The van der Waals surface area contributed by atoms with Crippen molar-refractivity contribution in [1.29, 1.82) is 0 Å². The molecule has 0 aliphatic heterocycles. The van der Waals surface area contributed by atoms with E-state index in [0.29, 0.717) is 23.9 Å². The summed E-state index contributed by atoms with van der Waals surface area (Å²) in [7, 11) is 4.04. The van der Waals surface area contributed by atoms with E-state index in [9.17, 15) is 5.11 Å². The highest BCUT2D eigenvalue weighted by molar-refractivity contribution is 5.92. The Kier molecular flexibility index (Phi) is 10.4. The molecule has 9 nitrogen and oxygen atoms in total. The third-order valence-corrected chi connectivity index (χ3v) is 6.57. The summed E-state index contributed by atoms with van der Waals surface area (Å²) in [5, 5.41) is 17.2. The number of aromatic nitrogens is 3. The van der Waals surface area contributed by atoms with Crippen molar-refractivity contribution in [1.82, 2.24) is 25.2 Å². The summed E-state index contributed by atoms with van der Waals surface area (Å²) in [6.07, 6.45) is 6.48. The number of aromatic amines is 1.